The lowest BCUT2D eigenvalue weighted by Crippen LogP contribution is -2.10. The molecule has 0 radical (unpaired) electrons. The van der Waals surface area contributed by atoms with Gasteiger partial charge < -0.3 is 25.4 Å². The van der Waals surface area contributed by atoms with E-state index in [1.54, 1.807) is 18.5 Å². The van der Waals surface area contributed by atoms with Gasteiger partial charge in [0.25, 0.3) is 5.56 Å². The van der Waals surface area contributed by atoms with E-state index in [0.29, 0.717) is 26.1 Å². The number of carbonyl (C=O) groups is 2. The molecule has 0 amide bonds. The molecule has 0 aliphatic heterocycles. The number of aromatic amines is 1. The summed E-state index contributed by atoms with van der Waals surface area (Å²) in [5, 5.41) is 38.7. The van der Waals surface area contributed by atoms with Crippen molar-refractivity contribution in [2.45, 2.75) is 24.2 Å². The Kier molecular flexibility index (Phi) is 9.83. The van der Waals surface area contributed by atoms with Crippen molar-refractivity contribution in [3.63, 3.8) is 0 Å². The SMILES string of the molecule is Cc1sc2nc(SCC(=O)c3ccc(O)c(O)c3)[nH]c(=O)c2c1C.O=C(CSc1ncccn1)c1ccc(O)c(O)c1. The molecule has 3 aromatic heterocycles. The van der Waals surface area contributed by atoms with Crippen molar-refractivity contribution < 1.29 is 30.0 Å². The number of aromatic hydroxyl groups is 4. The molecule has 14 heteroatoms. The van der Waals surface area contributed by atoms with Crippen LogP contribution < -0.4 is 5.56 Å². The van der Waals surface area contributed by atoms with Gasteiger partial charge in [-0.2, -0.15) is 0 Å². The zero-order valence-electron chi connectivity index (χ0n) is 22.2. The van der Waals surface area contributed by atoms with Gasteiger partial charge in [0, 0.05) is 28.4 Å². The Morgan fingerprint density at radius 2 is 1.38 bits per heavy atom. The molecule has 2 aromatic carbocycles. The minimum atomic E-state index is -0.344. The summed E-state index contributed by atoms with van der Waals surface area (Å²) in [6.45, 7) is 3.83. The summed E-state index contributed by atoms with van der Waals surface area (Å²) in [6.07, 6.45) is 3.21. The first-order valence-corrected chi connectivity index (χ1v) is 14.9. The molecule has 5 N–H and O–H groups in total. The van der Waals surface area contributed by atoms with Gasteiger partial charge in [0.05, 0.1) is 16.9 Å². The van der Waals surface area contributed by atoms with E-state index in [0.717, 1.165) is 22.2 Å². The molecule has 42 heavy (non-hydrogen) atoms. The lowest BCUT2D eigenvalue weighted by atomic mass is 10.1. The van der Waals surface area contributed by atoms with Crippen molar-refractivity contribution in [3.05, 3.63) is 86.8 Å². The molecule has 11 nitrogen and oxygen atoms in total. The fourth-order valence-electron chi connectivity index (χ4n) is 3.49. The number of hydrogen-bond acceptors (Lipinski definition) is 13. The molecule has 0 bridgehead atoms. The summed E-state index contributed by atoms with van der Waals surface area (Å²) < 4.78 is 0. The van der Waals surface area contributed by atoms with E-state index in [2.05, 4.69) is 19.9 Å². The molecule has 3 heterocycles. The second-order valence-corrected chi connectivity index (χ2v) is 11.8. The van der Waals surface area contributed by atoms with Gasteiger partial charge in [-0.25, -0.2) is 15.0 Å². The number of carbonyl (C=O) groups excluding carboxylic acids is 2. The minimum absolute atomic E-state index is 0.0575. The molecule has 0 spiro atoms. The molecular weight excluding hydrogens is 601 g/mol. The van der Waals surface area contributed by atoms with Crippen molar-refractivity contribution in [2.24, 2.45) is 0 Å². The fraction of sp³-hybridized carbons (Fsp3) is 0.143. The van der Waals surface area contributed by atoms with E-state index < -0.39 is 0 Å². The van der Waals surface area contributed by atoms with Crippen molar-refractivity contribution in [1.29, 1.82) is 0 Å². The Balaban J connectivity index is 0.000000201. The number of ketones is 2. The van der Waals surface area contributed by atoms with Gasteiger partial charge in [-0.15, -0.1) is 11.3 Å². The van der Waals surface area contributed by atoms with Gasteiger partial charge in [0.1, 0.15) is 4.83 Å². The second kappa shape index (κ2) is 13.5. The van der Waals surface area contributed by atoms with E-state index in [1.807, 2.05) is 13.8 Å². The molecule has 0 atom stereocenters. The molecule has 0 saturated heterocycles. The lowest BCUT2D eigenvalue weighted by molar-refractivity contribution is 0.101. The normalized spacial score (nSPS) is 10.7. The highest BCUT2D eigenvalue weighted by molar-refractivity contribution is 8.00. The zero-order chi connectivity index (χ0) is 30.4. The standard InChI is InChI=1S/C16H14N2O4S2.C12H10N2O3S/c1-7-8(2)24-15-13(7)14(22)17-16(18-15)23-6-12(21)9-3-4-10(19)11(20)5-9;15-9-3-2-8(6-10(9)16)11(17)7-18-12-13-4-1-5-14-12/h3-5,19-20H,6H2,1-2H3,(H,17,18,22);1-6,15-16H,7H2. The van der Waals surface area contributed by atoms with Crippen LogP contribution in [-0.4, -0.2) is 63.4 Å². The molecule has 0 unspecified atom stereocenters. The van der Waals surface area contributed by atoms with Crippen LogP contribution in [0, 0.1) is 13.8 Å². The second-order valence-electron chi connectivity index (χ2n) is 8.70. The molecule has 0 aliphatic rings. The first-order chi connectivity index (χ1) is 20.0. The average Bonchev–Trinajstić information content (AvgIpc) is 3.27. The van der Waals surface area contributed by atoms with Gasteiger partial charge in [-0.05, 0) is 61.9 Å². The largest absolute Gasteiger partial charge is 0.504 e. The third-order valence-corrected chi connectivity index (χ3v) is 8.68. The first-order valence-electron chi connectivity index (χ1n) is 12.2. The predicted octanol–water partition coefficient (Wildman–Crippen LogP) is 4.85. The average molecular weight is 625 g/mol. The minimum Gasteiger partial charge on any atom is -0.504 e. The van der Waals surface area contributed by atoms with Crippen molar-refractivity contribution in [1.82, 2.24) is 19.9 Å². The fourth-order valence-corrected chi connectivity index (χ4v) is 6.03. The smallest absolute Gasteiger partial charge is 0.260 e. The van der Waals surface area contributed by atoms with Crippen molar-refractivity contribution in [2.75, 3.05) is 11.5 Å². The van der Waals surface area contributed by atoms with Crippen LogP contribution in [0.2, 0.25) is 0 Å². The Bertz CT molecular complexity index is 1820. The molecular formula is C28H24N4O7S3. The summed E-state index contributed by atoms with van der Waals surface area (Å²) in [5.74, 6) is -1.34. The number of nitrogens with zero attached hydrogens (tertiary/aromatic N) is 3. The van der Waals surface area contributed by atoms with Crippen LogP contribution in [0.5, 0.6) is 23.0 Å². The number of H-pyrrole nitrogens is 1. The van der Waals surface area contributed by atoms with Crippen molar-refractivity contribution in [3.8, 4) is 23.0 Å². The predicted molar refractivity (Wildman–Crippen MR) is 161 cm³/mol. The zero-order valence-corrected chi connectivity index (χ0v) is 24.6. The van der Waals surface area contributed by atoms with Crippen LogP contribution in [0.1, 0.15) is 31.2 Å². The van der Waals surface area contributed by atoms with E-state index in [9.17, 15) is 29.7 Å². The van der Waals surface area contributed by atoms with E-state index >= 15 is 0 Å². The number of Topliss-reactive ketones (excluding diaryl/α,β-unsaturated/α-hetero) is 2. The third kappa shape index (κ3) is 7.46. The summed E-state index contributed by atoms with van der Waals surface area (Å²) in [7, 11) is 0. The van der Waals surface area contributed by atoms with Crippen LogP contribution >= 0.6 is 34.9 Å². The van der Waals surface area contributed by atoms with E-state index in [1.165, 1.54) is 59.5 Å². The number of thiophene rings is 1. The number of aromatic nitrogens is 4. The van der Waals surface area contributed by atoms with Crippen LogP contribution in [0.25, 0.3) is 10.2 Å². The number of phenolic OH excluding ortho intramolecular Hbond substituents is 4. The van der Waals surface area contributed by atoms with Gasteiger partial charge in [-0.1, -0.05) is 23.5 Å². The van der Waals surface area contributed by atoms with E-state index in [4.69, 9.17) is 5.11 Å². The lowest BCUT2D eigenvalue weighted by Gasteiger charge is -2.03. The van der Waals surface area contributed by atoms with Crippen LogP contribution in [0.15, 0.2) is 70.0 Å². The Hall–Kier alpha value is -4.40. The summed E-state index contributed by atoms with van der Waals surface area (Å²) in [4.78, 5) is 52.9. The van der Waals surface area contributed by atoms with Gasteiger partial charge >= 0.3 is 0 Å². The number of thioether (sulfide) groups is 2. The van der Waals surface area contributed by atoms with Gasteiger partial charge in [0.2, 0.25) is 0 Å². The number of phenols is 4. The molecule has 0 saturated carbocycles. The Morgan fingerprint density at radius 3 is 1.93 bits per heavy atom. The highest BCUT2D eigenvalue weighted by Crippen LogP contribution is 2.29. The Morgan fingerprint density at radius 1 is 0.833 bits per heavy atom. The highest BCUT2D eigenvalue weighted by Gasteiger charge is 2.15. The molecule has 5 aromatic rings. The first kappa shape index (κ1) is 30.6. The van der Waals surface area contributed by atoms with Gasteiger partial charge in [0.15, 0.2) is 44.9 Å². The molecule has 5 rings (SSSR count). The van der Waals surface area contributed by atoms with Crippen LogP contribution in [0.3, 0.4) is 0 Å². The topological polar surface area (TPSA) is 187 Å². The number of hydrogen-bond donors (Lipinski definition) is 5. The van der Waals surface area contributed by atoms with Gasteiger partial charge in [-0.3, -0.25) is 14.4 Å². The maximum absolute atomic E-state index is 12.2. The number of fused-ring (bicyclic) bond motifs is 1. The number of nitrogens with one attached hydrogen (secondary N) is 1. The number of benzene rings is 2. The maximum Gasteiger partial charge on any atom is 0.260 e. The highest BCUT2D eigenvalue weighted by atomic mass is 32.2. The molecule has 216 valence electrons. The third-order valence-electron chi connectivity index (χ3n) is 5.83. The molecule has 0 fully saturated rings. The van der Waals surface area contributed by atoms with Crippen molar-refractivity contribution >= 4 is 56.6 Å². The summed E-state index contributed by atoms with van der Waals surface area (Å²) >= 11 is 3.79. The number of aryl methyl sites for hydroxylation is 2. The van der Waals surface area contributed by atoms with Crippen LogP contribution in [-0.2, 0) is 0 Å². The van der Waals surface area contributed by atoms with E-state index in [-0.39, 0.29) is 57.2 Å². The monoisotopic (exact) mass is 624 g/mol. The number of rotatable bonds is 8. The quantitative estimate of drug-likeness (QED) is 0.0685. The Labute approximate surface area is 251 Å². The van der Waals surface area contributed by atoms with Crippen LogP contribution in [0.4, 0.5) is 0 Å². The summed E-state index contributed by atoms with van der Waals surface area (Å²) in [6, 6.07) is 9.59. The molecule has 0 aliphatic carbocycles. The maximum atomic E-state index is 12.2. The summed E-state index contributed by atoms with van der Waals surface area (Å²) in [5.41, 5.74) is 1.34.